The normalized spacial score (nSPS) is 16.4. The molecule has 1 aliphatic heterocycles. The molecule has 4 aromatic carbocycles. The highest BCUT2D eigenvalue weighted by atomic mass is 32.1. The van der Waals surface area contributed by atoms with Gasteiger partial charge in [0.2, 0.25) is 0 Å². The number of amides is 4. The number of hydrogen-bond acceptors (Lipinski definition) is 20. The van der Waals surface area contributed by atoms with Crippen molar-refractivity contribution in [3.63, 3.8) is 0 Å². The third-order valence-corrected chi connectivity index (χ3v) is 17.3. The number of thiazole rings is 4. The van der Waals surface area contributed by atoms with Crippen molar-refractivity contribution in [2.45, 2.75) is 104 Å². The van der Waals surface area contributed by atoms with Crippen LogP contribution in [0.1, 0.15) is 154 Å². The molecular weight excluding hydrogens is 1150 g/mol. The fourth-order valence-corrected chi connectivity index (χ4v) is 12.5. The Hall–Kier alpha value is -8.84. The van der Waals surface area contributed by atoms with E-state index in [-0.39, 0.29) is 69.2 Å². The first-order chi connectivity index (χ1) is 40.5. The number of nitrogens with one attached hydrogen (secondary N) is 4. The van der Waals surface area contributed by atoms with Gasteiger partial charge in [0.1, 0.15) is 69.2 Å². The number of esters is 4. The van der Waals surface area contributed by atoms with Crippen molar-refractivity contribution >= 4 is 92.9 Å². The van der Waals surface area contributed by atoms with Crippen LogP contribution in [0.3, 0.4) is 0 Å². The SMILES string of the molecule is Cc1sc2nc1C(=O)N[C@@H](CC(=O)OCc1ccccc1)c1nc(c(C)s1)C(=O)N[C@@H](CC(=O)OCc1ccccc1)c1nc(c(C)s1)C(=O)N[C@@H](CC(=O)OCc1ccccc1)c1nc(c(C)s1)C(=O)N[C@H]2CC(=O)OCc1ccccc1. The summed E-state index contributed by atoms with van der Waals surface area (Å²) >= 11 is 4.14. The maximum atomic E-state index is 14.6. The maximum Gasteiger partial charge on any atom is 0.308 e. The Morgan fingerprint density at radius 3 is 0.726 bits per heavy atom. The number of hydrogen-bond donors (Lipinski definition) is 4. The molecule has 0 spiro atoms. The van der Waals surface area contributed by atoms with Crippen molar-refractivity contribution in [1.29, 1.82) is 0 Å². The summed E-state index contributed by atoms with van der Waals surface area (Å²) in [6, 6.07) is 31.2. The molecule has 1 aliphatic rings. The number of nitrogens with zero attached hydrogens (tertiary/aromatic N) is 4. The predicted octanol–water partition coefficient (Wildman–Crippen LogP) is 9.48. The molecule has 0 saturated carbocycles. The van der Waals surface area contributed by atoms with Crippen molar-refractivity contribution in [3.8, 4) is 0 Å². The van der Waals surface area contributed by atoms with Crippen LogP contribution in [0.5, 0.6) is 0 Å². The van der Waals surface area contributed by atoms with Gasteiger partial charge in [0.25, 0.3) is 23.6 Å². The number of aryl methyl sites for hydroxylation is 4. The second kappa shape index (κ2) is 28.0. The van der Waals surface area contributed by atoms with Gasteiger partial charge in [-0.05, 0) is 49.9 Å². The summed E-state index contributed by atoms with van der Waals surface area (Å²) in [5, 5.41) is 12.1. The zero-order valence-electron chi connectivity index (χ0n) is 45.8. The molecule has 4 amide bonds. The first-order valence-electron chi connectivity index (χ1n) is 26.4. The minimum absolute atomic E-state index is 0.0682. The zero-order chi connectivity index (χ0) is 59.3. The molecule has 4 atom stereocenters. The number of aromatic nitrogens is 4. The van der Waals surface area contributed by atoms with E-state index in [1.165, 1.54) is 0 Å². The van der Waals surface area contributed by atoms with Crippen LogP contribution in [0, 0.1) is 27.7 Å². The Morgan fingerprint density at radius 2 is 0.536 bits per heavy atom. The first-order valence-corrected chi connectivity index (χ1v) is 29.7. The molecule has 5 heterocycles. The van der Waals surface area contributed by atoms with Crippen LogP contribution in [0.15, 0.2) is 121 Å². The largest absolute Gasteiger partial charge is 0.461 e. The minimum Gasteiger partial charge on any atom is -0.461 e. The van der Waals surface area contributed by atoms with Crippen LogP contribution in [-0.2, 0) is 64.6 Å². The van der Waals surface area contributed by atoms with Crippen LogP contribution >= 0.6 is 45.3 Å². The molecule has 8 bridgehead atoms. The van der Waals surface area contributed by atoms with Gasteiger partial charge in [0, 0.05) is 19.5 Å². The Morgan fingerprint density at radius 1 is 0.345 bits per heavy atom. The van der Waals surface area contributed by atoms with Gasteiger partial charge in [-0.3, -0.25) is 38.4 Å². The summed E-state index contributed by atoms with van der Waals surface area (Å²) in [4.78, 5) is 133. The van der Waals surface area contributed by atoms with E-state index in [9.17, 15) is 38.4 Å². The summed E-state index contributed by atoms with van der Waals surface area (Å²) in [5.74, 6) is -5.81. The Bertz CT molecular complexity index is 3200. The molecule has 0 unspecified atom stereocenters. The molecule has 0 saturated heterocycles. The standard InChI is InChI=1S/C60H56N8O12S4/c1-33-49-53(73)61-42(26-46(70)78-30-38-19-11-6-12-20-38)58-66-51(35(3)82-58)55(75)63-44(28-48(72)80-32-40-23-15-8-16-24-40)60-68-52(36(4)84-60)56(76)64-43(27-47(71)79-31-39-21-13-7-14-22-39)59-67-50(34(2)83-59)54(74)62-41(57(65-49)81-33)25-45(69)77-29-37-17-9-5-10-18-37/h5-24,41-44H,25-32H2,1-4H3,(H,61,73)(H,62,74)(H,63,75)(H,64,76)/t41-,42-,43-,44-/m0/s1. The van der Waals surface area contributed by atoms with Crippen molar-refractivity contribution in [2.75, 3.05) is 0 Å². The van der Waals surface area contributed by atoms with Gasteiger partial charge >= 0.3 is 23.9 Å². The number of benzene rings is 4. The summed E-state index contributed by atoms with van der Waals surface area (Å²) in [5.41, 5.74) is 2.49. The van der Waals surface area contributed by atoms with Crippen molar-refractivity contribution in [1.82, 2.24) is 41.2 Å². The van der Waals surface area contributed by atoms with E-state index in [1.807, 2.05) is 24.3 Å². The van der Waals surface area contributed by atoms with Crippen molar-refractivity contribution in [2.24, 2.45) is 0 Å². The summed E-state index contributed by atoms with van der Waals surface area (Å²) < 4.78 is 22.6. The molecule has 20 nitrogen and oxygen atoms in total. The van der Waals surface area contributed by atoms with E-state index in [2.05, 4.69) is 41.2 Å². The lowest BCUT2D eigenvalue weighted by Gasteiger charge is -2.17. The lowest BCUT2D eigenvalue weighted by atomic mass is 10.1. The molecule has 0 aliphatic carbocycles. The predicted molar refractivity (Wildman–Crippen MR) is 312 cm³/mol. The topological polar surface area (TPSA) is 273 Å². The summed E-state index contributed by atoms with van der Waals surface area (Å²) in [6.45, 7) is 6.25. The average Bonchev–Trinajstić information content (AvgIpc) is 4.50. The Balaban J connectivity index is 1.09. The molecule has 9 rings (SSSR count). The molecule has 8 aromatic rings. The number of carbonyl (C=O) groups is 8. The molecule has 4 aromatic heterocycles. The molecule has 432 valence electrons. The van der Waals surface area contributed by atoms with Gasteiger partial charge < -0.3 is 40.2 Å². The first kappa shape index (κ1) is 59.8. The second-order valence-corrected chi connectivity index (χ2v) is 24.3. The van der Waals surface area contributed by atoms with E-state index >= 15 is 0 Å². The van der Waals surface area contributed by atoms with Crippen LogP contribution in [0.25, 0.3) is 0 Å². The van der Waals surface area contributed by atoms with Crippen LogP contribution in [0.2, 0.25) is 0 Å². The quantitative estimate of drug-likeness (QED) is 0.0518. The number of carbonyl (C=O) groups excluding carboxylic acids is 8. The van der Waals surface area contributed by atoms with Crippen molar-refractivity contribution in [3.05, 3.63) is 206 Å². The van der Waals surface area contributed by atoms with Gasteiger partial charge in [-0.25, -0.2) is 19.9 Å². The van der Waals surface area contributed by atoms with Crippen LogP contribution in [-0.4, -0.2) is 67.4 Å². The fraction of sp³-hybridized carbons (Fsp3) is 0.267. The van der Waals surface area contributed by atoms with Crippen molar-refractivity contribution < 1.29 is 57.3 Å². The monoisotopic (exact) mass is 1210 g/mol. The molecule has 0 fully saturated rings. The summed E-state index contributed by atoms with van der Waals surface area (Å²) in [6.07, 6.45) is -1.73. The molecule has 0 radical (unpaired) electrons. The number of fused-ring (bicyclic) bond motifs is 8. The Labute approximate surface area is 498 Å². The molecule has 84 heavy (non-hydrogen) atoms. The highest BCUT2D eigenvalue weighted by molar-refractivity contribution is 7.13. The highest BCUT2D eigenvalue weighted by Crippen LogP contribution is 2.34. The summed E-state index contributed by atoms with van der Waals surface area (Å²) in [7, 11) is 0. The van der Waals surface area contributed by atoms with Gasteiger partial charge in [-0.15, -0.1) is 45.3 Å². The fourth-order valence-electron chi connectivity index (χ4n) is 8.67. The van der Waals surface area contributed by atoms with E-state index in [0.29, 0.717) is 19.5 Å². The van der Waals surface area contributed by atoms with Crippen LogP contribution in [0.4, 0.5) is 0 Å². The van der Waals surface area contributed by atoms with Crippen LogP contribution < -0.4 is 21.3 Å². The number of ether oxygens (including phenoxy) is 4. The average molecular weight is 1210 g/mol. The van der Waals surface area contributed by atoms with E-state index < -0.39 is 97.4 Å². The van der Waals surface area contributed by atoms with E-state index in [0.717, 1.165) is 67.6 Å². The second-order valence-electron chi connectivity index (χ2n) is 19.3. The van der Waals surface area contributed by atoms with Gasteiger partial charge in [0.15, 0.2) is 0 Å². The third kappa shape index (κ3) is 15.8. The van der Waals surface area contributed by atoms with E-state index in [1.54, 1.807) is 125 Å². The van der Waals surface area contributed by atoms with Gasteiger partial charge in [0.05, 0.1) is 49.9 Å². The zero-order valence-corrected chi connectivity index (χ0v) is 49.1. The molecular formula is C60H56N8O12S4. The molecule has 4 N–H and O–H groups in total. The maximum absolute atomic E-state index is 14.6. The minimum atomic E-state index is -1.19. The highest BCUT2D eigenvalue weighted by Gasteiger charge is 2.34. The van der Waals surface area contributed by atoms with Gasteiger partial charge in [-0.1, -0.05) is 121 Å². The third-order valence-electron chi connectivity index (χ3n) is 13.0. The Kier molecular flexibility index (Phi) is 19.9. The lowest BCUT2D eigenvalue weighted by molar-refractivity contribution is -0.146. The smallest absolute Gasteiger partial charge is 0.308 e. The lowest BCUT2D eigenvalue weighted by Crippen LogP contribution is -2.33. The number of rotatable bonds is 16. The molecule has 24 heteroatoms. The van der Waals surface area contributed by atoms with Gasteiger partial charge in [-0.2, -0.15) is 0 Å². The van der Waals surface area contributed by atoms with E-state index in [4.69, 9.17) is 18.9 Å².